The number of esters is 1. The van der Waals surface area contributed by atoms with Gasteiger partial charge in [0.15, 0.2) is 23.0 Å². The number of likely N-dealkylation sites (tertiary alicyclic amines) is 1. The number of hydrogen-bond donors (Lipinski definition) is 0. The summed E-state index contributed by atoms with van der Waals surface area (Å²) < 4.78 is 29.8. The summed E-state index contributed by atoms with van der Waals surface area (Å²) in [6, 6.07) is 15.9. The van der Waals surface area contributed by atoms with Gasteiger partial charge >= 0.3 is 5.97 Å². The SMILES string of the molecule is COC(=O)C1CC(Oc2ccccc2F)CN1C(=O)c1cc(-c2ccccc2)on1. The molecular formula is C22H19FN2O5. The Morgan fingerprint density at radius 1 is 1.13 bits per heavy atom. The van der Waals surface area contributed by atoms with Crippen LogP contribution >= 0.6 is 0 Å². The van der Waals surface area contributed by atoms with Crippen LogP contribution in [0.5, 0.6) is 5.75 Å². The van der Waals surface area contributed by atoms with E-state index in [0.29, 0.717) is 5.76 Å². The summed E-state index contributed by atoms with van der Waals surface area (Å²) in [4.78, 5) is 26.6. The molecule has 0 N–H and O–H groups in total. The lowest BCUT2D eigenvalue weighted by atomic mass is 10.1. The molecule has 0 spiro atoms. The Labute approximate surface area is 172 Å². The van der Waals surface area contributed by atoms with E-state index in [4.69, 9.17) is 14.0 Å². The zero-order valence-electron chi connectivity index (χ0n) is 16.2. The van der Waals surface area contributed by atoms with Gasteiger partial charge in [-0.25, -0.2) is 9.18 Å². The van der Waals surface area contributed by atoms with E-state index in [9.17, 15) is 14.0 Å². The van der Waals surface area contributed by atoms with Gasteiger partial charge in [-0.2, -0.15) is 0 Å². The molecular weight excluding hydrogens is 391 g/mol. The number of methoxy groups -OCH3 is 1. The summed E-state index contributed by atoms with van der Waals surface area (Å²) >= 11 is 0. The molecule has 154 valence electrons. The van der Waals surface area contributed by atoms with Gasteiger partial charge in [-0.15, -0.1) is 0 Å². The first-order chi connectivity index (χ1) is 14.6. The zero-order chi connectivity index (χ0) is 21.1. The standard InChI is InChI=1S/C22H19FN2O5/c1-28-22(27)18-11-15(29-19-10-6-5-9-16(19)23)13-25(18)21(26)17-12-20(30-24-17)14-7-3-2-4-8-14/h2-10,12,15,18H,11,13H2,1H3. The summed E-state index contributed by atoms with van der Waals surface area (Å²) in [6.07, 6.45) is -0.397. The lowest BCUT2D eigenvalue weighted by Crippen LogP contribution is -2.41. The average Bonchev–Trinajstić information content (AvgIpc) is 3.43. The number of ether oxygens (including phenoxy) is 2. The summed E-state index contributed by atoms with van der Waals surface area (Å²) in [7, 11) is 1.25. The number of halogens is 1. The number of benzene rings is 2. The fourth-order valence-electron chi connectivity index (χ4n) is 3.45. The van der Waals surface area contributed by atoms with Gasteiger partial charge in [0, 0.05) is 18.1 Å². The number of carbonyl (C=O) groups excluding carboxylic acids is 2. The first-order valence-corrected chi connectivity index (χ1v) is 9.39. The van der Waals surface area contributed by atoms with Gasteiger partial charge in [0.1, 0.15) is 12.1 Å². The summed E-state index contributed by atoms with van der Waals surface area (Å²) in [6.45, 7) is 0.0838. The largest absolute Gasteiger partial charge is 0.485 e. The Morgan fingerprint density at radius 3 is 2.60 bits per heavy atom. The molecule has 1 amide bonds. The number of amides is 1. The number of carbonyl (C=O) groups is 2. The third-order valence-corrected chi connectivity index (χ3v) is 4.91. The molecule has 0 aliphatic carbocycles. The molecule has 0 saturated carbocycles. The van der Waals surface area contributed by atoms with Crippen LogP contribution in [0, 0.1) is 5.82 Å². The second-order valence-electron chi connectivity index (χ2n) is 6.84. The van der Waals surface area contributed by atoms with Crippen LogP contribution in [0.1, 0.15) is 16.9 Å². The van der Waals surface area contributed by atoms with E-state index >= 15 is 0 Å². The van der Waals surface area contributed by atoms with Crippen LogP contribution in [0.2, 0.25) is 0 Å². The number of rotatable bonds is 5. The zero-order valence-corrected chi connectivity index (χ0v) is 16.2. The molecule has 1 fully saturated rings. The van der Waals surface area contributed by atoms with Crippen LogP contribution < -0.4 is 4.74 Å². The van der Waals surface area contributed by atoms with E-state index in [1.165, 1.54) is 30.2 Å². The van der Waals surface area contributed by atoms with Crippen molar-refractivity contribution in [2.45, 2.75) is 18.6 Å². The Balaban J connectivity index is 1.55. The van der Waals surface area contributed by atoms with Crippen molar-refractivity contribution < 1.29 is 28.0 Å². The second-order valence-corrected chi connectivity index (χ2v) is 6.84. The van der Waals surface area contributed by atoms with E-state index in [0.717, 1.165) is 5.56 Å². The molecule has 4 rings (SSSR count). The highest BCUT2D eigenvalue weighted by Crippen LogP contribution is 2.28. The van der Waals surface area contributed by atoms with Crippen LogP contribution in [0.3, 0.4) is 0 Å². The Bertz CT molecular complexity index is 1050. The predicted molar refractivity (Wildman–Crippen MR) is 104 cm³/mol. The summed E-state index contributed by atoms with van der Waals surface area (Å²) in [5.74, 6) is -1.08. The fraction of sp³-hybridized carbons (Fsp3) is 0.227. The molecule has 1 aliphatic rings. The summed E-state index contributed by atoms with van der Waals surface area (Å²) in [5, 5.41) is 3.86. The first-order valence-electron chi connectivity index (χ1n) is 9.39. The molecule has 3 aromatic rings. The Kier molecular flexibility index (Phi) is 5.47. The molecule has 2 heterocycles. The average molecular weight is 410 g/mol. The topological polar surface area (TPSA) is 81.9 Å². The highest BCUT2D eigenvalue weighted by Gasteiger charge is 2.42. The number of para-hydroxylation sites is 1. The molecule has 1 aromatic heterocycles. The van der Waals surface area contributed by atoms with Crippen molar-refractivity contribution in [1.29, 1.82) is 0 Å². The number of aromatic nitrogens is 1. The Hall–Kier alpha value is -3.68. The summed E-state index contributed by atoms with van der Waals surface area (Å²) in [5.41, 5.74) is 0.838. The molecule has 1 aliphatic heterocycles. The molecule has 0 radical (unpaired) electrons. The van der Waals surface area contributed by atoms with Crippen LogP contribution in [0.25, 0.3) is 11.3 Å². The second kappa shape index (κ2) is 8.36. The van der Waals surface area contributed by atoms with Crippen LogP contribution in [-0.4, -0.2) is 47.7 Å². The molecule has 8 heteroatoms. The van der Waals surface area contributed by atoms with Crippen molar-refractivity contribution in [1.82, 2.24) is 10.1 Å². The molecule has 2 atom stereocenters. The maximum atomic E-state index is 13.9. The number of nitrogens with zero attached hydrogens (tertiary/aromatic N) is 2. The highest BCUT2D eigenvalue weighted by atomic mass is 19.1. The van der Waals surface area contributed by atoms with E-state index in [2.05, 4.69) is 5.16 Å². The van der Waals surface area contributed by atoms with Crippen molar-refractivity contribution >= 4 is 11.9 Å². The highest BCUT2D eigenvalue weighted by molar-refractivity contribution is 5.96. The van der Waals surface area contributed by atoms with Crippen molar-refractivity contribution in [2.75, 3.05) is 13.7 Å². The van der Waals surface area contributed by atoms with Gasteiger partial charge in [0.2, 0.25) is 0 Å². The lowest BCUT2D eigenvalue weighted by Gasteiger charge is -2.20. The van der Waals surface area contributed by atoms with Gasteiger partial charge < -0.3 is 18.9 Å². The van der Waals surface area contributed by atoms with Gasteiger partial charge in [0.05, 0.1) is 13.7 Å². The van der Waals surface area contributed by atoms with E-state index in [-0.39, 0.29) is 24.4 Å². The maximum Gasteiger partial charge on any atom is 0.328 e. The molecule has 7 nitrogen and oxygen atoms in total. The fourth-order valence-corrected chi connectivity index (χ4v) is 3.45. The molecule has 30 heavy (non-hydrogen) atoms. The minimum absolute atomic E-state index is 0.0632. The minimum atomic E-state index is -0.865. The van der Waals surface area contributed by atoms with Gasteiger partial charge in [-0.1, -0.05) is 47.6 Å². The van der Waals surface area contributed by atoms with Crippen LogP contribution in [-0.2, 0) is 9.53 Å². The quantitative estimate of drug-likeness (QED) is 0.600. The van der Waals surface area contributed by atoms with Crippen molar-refractivity contribution in [3.63, 3.8) is 0 Å². The monoisotopic (exact) mass is 410 g/mol. The molecule has 0 bridgehead atoms. The smallest absolute Gasteiger partial charge is 0.328 e. The van der Waals surface area contributed by atoms with Crippen molar-refractivity contribution in [3.8, 4) is 17.1 Å². The van der Waals surface area contributed by atoms with Gasteiger partial charge in [0.25, 0.3) is 5.91 Å². The van der Waals surface area contributed by atoms with Crippen LogP contribution in [0.15, 0.2) is 65.2 Å². The van der Waals surface area contributed by atoms with Gasteiger partial charge in [-0.05, 0) is 12.1 Å². The van der Waals surface area contributed by atoms with E-state index < -0.39 is 29.8 Å². The maximum absolute atomic E-state index is 13.9. The van der Waals surface area contributed by atoms with E-state index in [1.807, 2.05) is 30.3 Å². The van der Waals surface area contributed by atoms with Gasteiger partial charge in [-0.3, -0.25) is 4.79 Å². The third kappa shape index (κ3) is 3.89. The Morgan fingerprint density at radius 2 is 1.87 bits per heavy atom. The van der Waals surface area contributed by atoms with Crippen LogP contribution in [0.4, 0.5) is 4.39 Å². The minimum Gasteiger partial charge on any atom is -0.485 e. The number of hydrogen-bond acceptors (Lipinski definition) is 6. The molecule has 2 aromatic carbocycles. The van der Waals surface area contributed by atoms with Crippen molar-refractivity contribution in [3.05, 3.63) is 72.2 Å². The third-order valence-electron chi connectivity index (χ3n) is 4.91. The predicted octanol–water partition coefficient (Wildman–Crippen LogP) is 3.32. The van der Waals surface area contributed by atoms with Crippen molar-refractivity contribution in [2.24, 2.45) is 0 Å². The van der Waals surface area contributed by atoms with E-state index in [1.54, 1.807) is 12.1 Å². The molecule has 2 unspecified atom stereocenters. The normalized spacial score (nSPS) is 18.3. The first kappa shape index (κ1) is 19.6. The molecule has 1 saturated heterocycles. The lowest BCUT2D eigenvalue weighted by molar-refractivity contribution is -0.145.